The number of hydrogen-bond acceptors (Lipinski definition) is 3. The summed E-state index contributed by atoms with van der Waals surface area (Å²) in [4.78, 5) is 11.7. The number of hydrogen-bond donors (Lipinski definition) is 2. The molecule has 106 valence electrons. The van der Waals surface area contributed by atoms with E-state index >= 15 is 0 Å². The fourth-order valence-electron chi connectivity index (χ4n) is 1.62. The first-order valence-electron chi connectivity index (χ1n) is 6.24. The second kappa shape index (κ2) is 6.78. The Morgan fingerprint density at radius 2 is 2.16 bits per heavy atom. The smallest absolute Gasteiger partial charge is 0.407 e. The Morgan fingerprint density at radius 1 is 1.47 bits per heavy atom. The summed E-state index contributed by atoms with van der Waals surface area (Å²) >= 11 is 5.92. The minimum Gasteiger partial charge on any atom is -0.444 e. The van der Waals surface area contributed by atoms with Gasteiger partial charge in [0.05, 0.1) is 0 Å². The molecule has 0 aliphatic heterocycles. The van der Waals surface area contributed by atoms with Crippen molar-refractivity contribution < 1.29 is 9.53 Å². The summed E-state index contributed by atoms with van der Waals surface area (Å²) in [5, 5.41) is 3.43. The molecule has 1 aromatic carbocycles. The van der Waals surface area contributed by atoms with Crippen LogP contribution in [0.5, 0.6) is 0 Å². The van der Waals surface area contributed by atoms with Gasteiger partial charge < -0.3 is 15.8 Å². The van der Waals surface area contributed by atoms with Crippen LogP contribution in [0.3, 0.4) is 0 Å². The van der Waals surface area contributed by atoms with Crippen LogP contribution >= 0.6 is 11.6 Å². The molecule has 0 bridgehead atoms. The van der Waals surface area contributed by atoms with Gasteiger partial charge in [0.15, 0.2) is 0 Å². The molecule has 0 aromatic heterocycles. The van der Waals surface area contributed by atoms with E-state index in [0.29, 0.717) is 18.0 Å². The van der Waals surface area contributed by atoms with Crippen molar-refractivity contribution in [1.82, 2.24) is 5.32 Å². The van der Waals surface area contributed by atoms with Gasteiger partial charge in [0.2, 0.25) is 0 Å². The molecule has 5 heteroatoms. The molecule has 1 aromatic rings. The topological polar surface area (TPSA) is 64.3 Å². The van der Waals surface area contributed by atoms with Crippen molar-refractivity contribution in [1.29, 1.82) is 0 Å². The number of rotatable bonds is 4. The van der Waals surface area contributed by atoms with Crippen LogP contribution in [0.15, 0.2) is 24.3 Å². The molecule has 1 amide bonds. The van der Waals surface area contributed by atoms with Gasteiger partial charge in [-0.1, -0.05) is 23.7 Å². The molecule has 1 rings (SSSR count). The lowest BCUT2D eigenvalue weighted by Gasteiger charge is -2.23. The predicted octanol–water partition coefficient (Wildman–Crippen LogP) is 2.73. The monoisotopic (exact) mass is 284 g/mol. The van der Waals surface area contributed by atoms with E-state index in [9.17, 15) is 4.79 Å². The van der Waals surface area contributed by atoms with Crippen molar-refractivity contribution in [2.24, 2.45) is 5.73 Å². The quantitative estimate of drug-likeness (QED) is 0.893. The number of nitrogens with one attached hydrogen (secondary N) is 1. The molecule has 1 atom stereocenters. The van der Waals surface area contributed by atoms with Gasteiger partial charge in [-0.25, -0.2) is 4.79 Å². The molecule has 19 heavy (non-hydrogen) atoms. The summed E-state index contributed by atoms with van der Waals surface area (Å²) in [5.74, 6) is 0. The maximum absolute atomic E-state index is 11.7. The van der Waals surface area contributed by atoms with Crippen molar-refractivity contribution in [3.05, 3.63) is 34.9 Å². The minimum atomic E-state index is -0.515. The molecular formula is C14H21ClN2O2. The van der Waals surface area contributed by atoms with Crippen LogP contribution in [0.2, 0.25) is 5.02 Å². The highest BCUT2D eigenvalue weighted by Gasteiger charge is 2.19. The van der Waals surface area contributed by atoms with Crippen LogP contribution in [0, 0.1) is 0 Å². The highest BCUT2D eigenvalue weighted by molar-refractivity contribution is 6.30. The van der Waals surface area contributed by atoms with Crippen LogP contribution in [-0.4, -0.2) is 24.3 Å². The predicted molar refractivity (Wildman–Crippen MR) is 77.4 cm³/mol. The standard InChI is InChI=1S/C14H21ClN2O2/c1-14(2,3)19-13(18)17-12(9-16)8-10-5-4-6-11(15)7-10/h4-7,12H,8-9,16H2,1-3H3,(H,17,18). The molecule has 0 saturated carbocycles. The van der Waals surface area contributed by atoms with Gasteiger partial charge in [-0.05, 0) is 44.9 Å². The number of benzene rings is 1. The number of alkyl carbamates (subject to hydrolysis) is 1. The molecule has 1 unspecified atom stereocenters. The van der Waals surface area contributed by atoms with E-state index in [2.05, 4.69) is 5.32 Å². The number of ether oxygens (including phenoxy) is 1. The third-order valence-electron chi connectivity index (χ3n) is 2.38. The molecule has 0 saturated heterocycles. The van der Waals surface area contributed by atoms with Gasteiger partial charge in [-0.15, -0.1) is 0 Å². The van der Waals surface area contributed by atoms with Crippen molar-refractivity contribution in [2.45, 2.75) is 38.8 Å². The summed E-state index contributed by atoms with van der Waals surface area (Å²) in [6, 6.07) is 7.32. The normalized spacial score (nSPS) is 12.9. The number of nitrogens with two attached hydrogens (primary N) is 1. The highest BCUT2D eigenvalue weighted by atomic mass is 35.5. The summed E-state index contributed by atoms with van der Waals surface area (Å²) in [5.41, 5.74) is 6.18. The SMILES string of the molecule is CC(C)(C)OC(=O)NC(CN)Cc1cccc(Cl)c1. The summed E-state index contributed by atoms with van der Waals surface area (Å²) < 4.78 is 5.20. The summed E-state index contributed by atoms with van der Waals surface area (Å²) in [6.07, 6.45) is 0.168. The second-order valence-electron chi connectivity index (χ2n) is 5.41. The fourth-order valence-corrected chi connectivity index (χ4v) is 1.83. The highest BCUT2D eigenvalue weighted by Crippen LogP contribution is 2.12. The van der Waals surface area contributed by atoms with Crippen molar-refractivity contribution in [3.8, 4) is 0 Å². The number of amides is 1. The molecule has 0 fully saturated rings. The molecule has 0 radical (unpaired) electrons. The fraction of sp³-hybridized carbons (Fsp3) is 0.500. The maximum atomic E-state index is 11.7. The van der Waals surface area contributed by atoms with E-state index in [1.54, 1.807) is 0 Å². The maximum Gasteiger partial charge on any atom is 0.407 e. The Morgan fingerprint density at radius 3 is 2.68 bits per heavy atom. The number of carbonyl (C=O) groups is 1. The zero-order chi connectivity index (χ0) is 14.5. The Hall–Kier alpha value is -1.26. The van der Waals surface area contributed by atoms with E-state index < -0.39 is 11.7 Å². The second-order valence-corrected chi connectivity index (χ2v) is 5.85. The van der Waals surface area contributed by atoms with E-state index in [4.69, 9.17) is 22.1 Å². The van der Waals surface area contributed by atoms with Crippen LogP contribution in [0.1, 0.15) is 26.3 Å². The van der Waals surface area contributed by atoms with Crippen LogP contribution in [-0.2, 0) is 11.2 Å². The first-order chi connectivity index (χ1) is 8.80. The molecular weight excluding hydrogens is 264 g/mol. The lowest BCUT2D eigenvalue weighted by atomic mass is 10.1. The first-order valence-corrected chi connectivity index (χ1v) is 6.62. The Bertz CT molecular complexity index is 430. The van der Waals surface area contributed by atoms with Gasteiger partial charge in [-0.3, -0.25) is 0 Å². The lowest BCUT2D eigenvalue weighted by Crippen LogP contribution is -2.44. The number of carbonyl (C=O) groups excluding carboxylic acids is 1. The third-order valence-corrected chi connectivity index (χ3v) is 2.61. The van der Waals surface area contributed by atoms with E-state index in [1.165, 1.54) is 0 Å². The Balaban J connectivity index is 2.57. The van der Waals surface area contributed by atoms with Crippen LogP contribution < -0.4 is 11.1 Å². The van der Waals surface area contributed by atoms with Gasteiger partial charge in [0.1, 0.15) is 5.60 Å². The van der Waals surface area contributed by atoms with Crippen molar-refractivity contribution >= 4 is 17.7 Å². The molecule has 0 aliphatic carbocycles. The van der Waals surface area contributed by atoms with Crippen molar-refractivity contribution in [2.75, 3.05) is 6.54 Å². The Kier molecular flexibility index (Phi) is 5.63. The summed E-state index contributed by atoms with van der Waals surface area (Å²) in [6.45, 7) is 5.80. The first kappa shape index (κ1) is 15.8. The van der Waals surface area contributed by atoms with Gasteiger partial charge in [0.25, 0.3) is 0 Å². The zero-order valence-electron chi connectivity index (χ0n) is 11.6. The van der Waals surface area contributed by atoms with E-state index in [1.807, 2.05) is 45.0 Å². The molecule has 4 nitrogen and oxygen atoms in total. The Labute approximate surface area is 119 Å². The number of halogens is 1. The minimum absolute atomic E-state index is 0.173. The van der Waals surface area contributed by atoms with Gasteiger partial charge in [-0.2, -0.15) is 0 Å². The largest absolute Gasteiger partial charge is 0.444 e. The molecule has 3 N–H and O–H groups in total. The van der Waals surface area contributed by atoms with Crippen molar-refractivity contribution in [3.63, 3.8) is 0 Å². The van der Waals surface area contributed by atoms with Crippen LogP contribution in [0.25, 0.3) is 0 Å². The van der Waals surface area contributed by atoms with Gasteiger partial charge in [0, 0.05) is 17.6 Å². The zero-order valence-corrected chi connectivity index (χ0v) is 12.3. The van der Waals surface area contributed by atoms with Gasteiger partial charge >= 0.3 is 6.09 Å². The average molecular weight is 285 g/mol. The van der Waals surface area contributed by atoms with Crippen LogP contribution in [0.4, 0.5) is 4.79 Å². The molecule has 0 spiro atoms. The van der Waals surface area contributed by atoms with E-state index in [0.717, 1.165) is 5.56 Å². The third kappa shape index (κ3) is 6.45. The summed E-state index contributed by atoms with van der Waals surface area (Å²) in [7, 11) is 0. The average Bonchev–Trinajstić information content (AvgIpc) is 2.25. The lowest BCUT2D eigenvalue weighted by molar-refractivity contribution is 0.0506. The van der Waals surface area contributed by atoms with E-state index in [-0.39, 0.29) is 6.04 Å². The molecule has 0 aliphatic rings. The molecule has 0 heterocycles.